The fraction of sp³-hybridized carbons (Fsp3) is 0.188. The first-order valence-electron chi connectivity index (χ1n) is 6.82. The molecular formula is C16H15ClN2O4. The summed E-state index contributed by atoms with van der Waals surface area (Å²) in [5.74, 6) is -0.916. The van der Waals surface area contributed by atoms with Gasteiger partial charge in [-0.05, 0) is 18.2 Å². The van der Waals surface area contributed by atoms with Crippen LogP contribution in [0.4, 0.5) is 0 Å². The van der Waals surface area contributed by atoms with Crippen LogP contribution in [0.5, 0.6) is 11.5 Å². The number of aromatic hydroxyl groups is 1. The van der Waals surface area contributed by atoms with E-state index in [1.807, 2.05) is 6.07 Å². The van der Waals surface area contributed by atoms with E-state index < -0.39 is 5.97 Å². The molecule has 1 aromatic carbocycles. The Morgan fingerprint density at radius 2 is 2.09 bits per heavy atom. The molecule has 7 heteroatoms. The summed E-state index contributed by atoms with van der Waals surface area (Å²) in [4.78, 5) is 14.7. The van der Waals surface area contributed by atoms with Crippen LogP contribution in [0.25, 0.3) is 0 Å². The Morgan fingerprint density at radius 3 is 2.74 bits per heavy atom. The SMILES string of the molecule is N=C(CCC(=O)O)c1cc(Cl)c(OCc2ccccn2)cc1O. The van der Waals surface area contributed by atoms with E-state index in [-0.39, 0.29) is 47.2 Å². The van der Waals surface area contributed by atoms with E-state index in [2.05, 4.69) is 4.98 Å². The quantitative estimate of drug-likeness (QED) is 0.674. The first-order chi connectivity index (χ1) is 11.0. The lowest BCUT2D eigenvalue weighted by molar-refractivity contribution is -0.136. The van der Waals surface area contributed by atoms with E-state index >= 15 is 0 Å². The average molecular weight is 335 g/mol. The zero-order valence-electron chi connectivity index (χ0n) is 12.1. The number of rotatable bonds is 7. The molecule has 0 aliphatic rings. The standard InChI is InChI=1S/C16H15ClN2O4/c17-12-7-11(13(18)4-5-16(21)22)14(20)8-15(12)23-9-10-3-1-2-6-19-10/h1-3,6-8,18,20H,4-5,9H2,(H,21,22). The summed E-state index contributed by atoms with van der Waals surface area (Å²) >= 11 is 6.10. The Hall–Kier alpha value is -2.60. The number of phenolic OH excluding ortho intramolecular Hbond substituents is 1. The molecule has 0 saturated heterocycles. The molecule has 6 nitrogen and oxygen atoms in total. The minimum absolute atomic E-state index is 0.00285. The summed E-state index contributed by atoms with van der Waals surface area (Å²) in [5.41, 5.74) is 0.908. The van der Waals surface area contributed by atoms with Crippen LogP contribution in [0, 0.1) is 5.41 Å². The minimum atomic E-state index is -1.00. The second-order valence-electron chi connectivity index (χ2n) is 4.78. The number of nitrogens with zero attached hydrogens (tertiary/aromatic N) is 1. The van der Waals surface area contributed by atoms with Gasteiger partial charge in [0.2, 0.25) is 0 Å². The van der Waals surface area contributed by atoms with Gasteiger partial charge in [0.25, 0.3) is 0 Å². The maximum atomic E-state index is 10.5. The first-order valence-corrected chi connectivity index (χ1v) is 7.20. The van der Waals surface area contributed by atoms with E-state index in [0.717, 1.165) is 0 Å². The Bertz CT molecular complexity index is 720. The molecule has 0 aliphatic heterocycles. The zero-order valence-corrected chi connectivity index (χ0v) is 12.9. The predicted octanol–water partition coefficient (Wildman–Crippen LogP) is 3.25. The Labute approximate surface area is 137 Å². The van der Waals surface area contributed by atoms with E-state index in [4.69, 9.17) is 26.9 Å². The smallest absolute Gasteiger partial charge is 0.303 e. The number of halogens is 1. The molecule has 2 rings (SSSR count). The van der Waals surface area contributed by atoms with E-state index in [9.17, 15) is 9.90 Å². The highest BCUT2D eigenvalue weighted by molar-refractivity contribution is 6.32. The number of carboxylic acid groups (broad SMARTS) is 1. The number of ether oxygens (including phenoxy) is 1. The largest absolute Gasteiger partial charge is 0.507 e. The molecule has 0 saturated carbocycles. The van der Waals surface area contributed by atoms with Crippen molar-refractivity contribution in [1.82, 2.24) is 4.98 Å². The van der Waals surface area contributed by atoms with Gasteiger partial charge in [-0.1, -0.05) is 17.7 Å². The van der Waals surface area contributed by atoms with E-state index in [1.54, 1.807) is 18.3 Å². The van der Waals surface area contributed by atoms with Gasteiger partial charge in [-0.15, -0.1) is 0 Å². The average Bonchev–Trinajstić information content (AvgIpc) is 2.54. The number of aromatic nitrogens is 1. The van der Waals surface area contributed by atoms with Crippen LogP contribution in [-0.2, 0) is 11.4 Å². The molecule has 120 valence electrons. The van der Waals surface area contributed by atoms with Crippen LogP contribution in [0.3, 0.4) is 0 Å². The van der Waals surface area contributed by atoms with Crippen LogP contribution in [-0.4, -0.2) is 26.9 Å². The van der Waals surface area contributed by atoms with Crippen molar-refractivity contribution in [2.75, 3.05) is 0 Å². The molecule has 0 fully saturated rings. The number of nitrogens with one attached hydrogen (secondary N) is 1. The van der Waals surface area contributed by atoms with Crippen LogP contribution in [0.2, 0.25) is 5.02 Å². The zero-order chi connectivity index (χ0) is 16.8. The van der Waals surface area contributed by atoms with Gasteiger partial charge in [-0.3, -0.25) is 9.78 Å². The number of carbonyl (C=O) groups is 1. The van der Waals surface area contributed by atoms with Gasteiger partial charge in [0.1, 0.15) is 18.1 Å². The van der Waals surface area contributed by atoms with Crippen molar-refractivity contribution < 1.29 is 19.7 Å². The normalized spacial score (nSPS) is 10.3. The molecule has 0 atom stereocenters. The van der Waals surface area contributed by atoms with Crippen molar-refractivity contribution >= 4 is 23.3 Å². The second-order valence-corrected chi connectivity index (χ2v) is 5.19. The predicted molar refractivity (Wildman–Crippen MR) is 85.4 cm³/mol. The van der Waals surface area contributed by atoms with Gasteiger partial charge < -0.3 is 20.4 Å². The topological polar surface area (TPSA) is 104 Å². The lowest BCUT2D eigenvalue weighted by Gasteiger charge is -2.12. The van der Waals surface area contributed by atoms with Gasteiger partial charge in [-0.25, -0.2) is 0 Å². The van der Waals surface area contributed by atoms with Crippen LogP contribution in [0.15, 0.2) is 36.5 Å². The lowest BCUT2D eigenvalue weighted by Crippen LogP contribution is -2.05. The molecule has 2 aromatic rings. The molecule has 1 aromatic heterocycles. The second kappa shape index (κ2) is 7.60. The fourth-order valence-corrected chi connectivity index (χ4v) is 2.12. The summed E-state index contributed by atoms with van der Waals surface area (Å²) in [6, 6.07) is 8.13. The van der Waals surface area contributed by atoms with Crippen molar-refractivity contribution in [2.24, 2.45) is 0 Å². The minimum Gasteiger partial charge on any atom is -0.507 e. The van der Waals surface area contributed by atoms with Crippen molar-refractivity contribution in [3.63, 3.8) is 0 Å². The van der Waals surface area contributed by atoms with Gasteiger partial charge in [0.05, 0.1) is 17.1 Å². The fourth-order valence-electron chi connectivity index (χ4n) is 1.90. The first kappa shape index (κ1) is 16.8. The molecule has 0 amide bonds. The lowest BCUT2D eigenvalue weighted by atomic mass is 10.0. The van der Waals surface area contributed by atoms with E-state index in [0.29, 0.717) is 5.69 Å². The van der Waals surface area contributed by atoms with Crippen LogP contribution in [0.1, 0.15) is 24.1 Å². The number of phenols is 1. The highest BCUT2D eigenvalue weighted by atomic mass is 35.5. The summed E-state index contributed by atoms with van der Waals surface area (Å²) in [7, 11) is 0. The third-order valence-corrected chi connectivity index (χ3v) is 3.36. The number of carboxylic acids is 1. The Kier molecular flexibility index (Phi) is 5.54. The molecular weight excluding hydrogens is 320 g/mol. The molecule has 0 aliphatic carbocycles. The maximum Gasteiger partial charge on any atom is 0.303 e. The van der Waals surface area contributed by atoms with E-state index in [1.165, 1.54) is 12.1 Å². The summed E-state index contributed by atoms with van der Waals surface area (Å²) in [6.07, 6.45) is 1.46. The molecule has 0 bridgehead atoms. The summed E-state index contributed by atoms with van der Waals surface area (Å²) in [5, 5.41) is 26.7. The van der Waals surface area contributed by atoms with Gasteiger partial charge in [0, 0.05) is 30.0 Å². The van der Waals surface area contributed by atoms with Crippen LogP contribution < -0.4 is 4.74 Å². The third kappa shape index (κ3) is 4.69. The molecule has 3 N–H and O–H groups in total. The monoisotopic (exact) mass is 334 g/mol. The molecule has 1 heterocycles. The summed E-state index contributed by atoms with van der Waals surface area (Å²) in [6.45, 7) is 0.190. The number of aliphatic carboxylic acids is 1. The Morgan fingerprint density at radius 1 is 1.30 bits per heavy atom. The highest BCUT2D eigenvalue weighted by Crippen LogP contribution is 2.33. The van der Waals surface area contributed by atoms with Crippen LogP contribution >= 0.6 is 11.6 Å². The number of hydrogen-bond acceptors (Lipinski definition) is 5. The molecule has 0 unspecified atom stereocenters. The molecule has 23 heavy (non-hydrogen) atoms. The van der Waals surface area contributed by atoms with Gasteiger partial charge in [0.15, 0.2) is 0 Å². The van der Waals surface area contributed by atoms with Gasteiger partial charge in [-0.2, -0.15) is 0 Å². The van der Waals surface area contributed by atoms with Crippen molar-refractivity contribution in [2.45, 2.75) is 19.4 Å². The molecule has 0 radical (unpaired) electrons. The summed E-state index contributed by atoms with van der Waals surface area (Å²) < 4.78 is 5.52. The van der Waals surface area contributed by atoms with Crippen molar-refractivity contribution in [1.29, 1.82) is 5.41 Å². The van der Waals surface area contributed by atoms with Crippen molar-refractivity contribution in [3.05, 3.63) is 52.8 Å². The highest BCUT2D eigenvalue weighted by Gasteiger charge is 2.14. The number of benzene rings is 1. The third-order valence-electron chi connectivity index (χ3n) is 3.07. The maximum absolute atomic E-state index is 10.5. The van der Waals surface area contributed by atoms with Crippen molar-refractivity contribution in [3.8, 4) is 11.5 Å². The van der Waals surface area contributed by atoms with Gasteiger partial charge >= 0.3 is 5.97 Å². The number of hydrogen-bond donors (Lipinski definition) is 3. The molecule has 0 spiro atoms. The number of pyridine rings is 1. The Balaban J connectivity index is 2.10.